The van der Waals surface area contributed by atoms with Crippen LogP contribution in [0.2, 0.25) is 0 Å². The van der Waals surface area contributed by atoms with Gasteiger partial charge in [0.2, 0.25) is 0 Å². The zero-order valence-electron chi connectivity index (χ0n) is 9.73. The molecule has 0 amide bonds. The molecule has 0 radical (unpaired) electrons. The van der Waals surface area contributed by atoms with E-state index in [-0.39, 0.29) is 0 Å². The Bertz CT molecular complexity index is 210. The van der Waals surface area contributed by atoms with E-state index in [2.05, 4.69) is 11.8 Å². The second-order valence-electron chi connectivity index (χ2n) is 5.37. The number of hydrogen-bond donors (Lipinski definition) is 2. The van der Waals surface area contributed by atoms with Gasteiger partial charge in [-0.15, -0.1) is 0 Å². The first-order chi connectivity index (χ1) is 7.22. The zero-order chi connectivity index (χ0) is 10.8. The Kier molecular flexibility index (Phi) is 3.65. The molecule has 1 saturated heterocycles. The molecular weight excluding hydrogens is 188 g/mol. The van der Waals surface area contributed by atoms with Gasteiger partial charge in [-0.2, -0.15) is 0 Å². The van der Waals surface area contributed by atoms with Crippen LogP contribution in [0.25, 0.3) is 0 Å². The van der Waals surface area contributed by atoms with E-state index >= 15 is 0 Å². The lowest BCUT2D eigenvalue weighted by molar-refractivity contribution is 0.122. The molecule has 4 unspecified atom stereocenters. The Morgan fingerprint density at radius 2 is 2.13 bits per heavy atom. The van der Waals surface area contributed by atoms with E-state index in [1.165, 1.54) is 25.7 Å². The highest BCUT2D eigenvalue weighted by Crippen LogP contribution is 2.29. The fraction of sp³-hybridized carbons (Fsp3) is 1.00. The zero-order valence-corrected chi connectivity index (χ0v) is 9.73. The van der Waals surface area contributed by atoms with Crippen LogP contribution in [0.4, 0.5) is 0 Å². The van der Waals surface area contributed by atoms with Crippen LogP contribution < -0.4 is 5.73 Å². The van der Waals surface area contributed by atoms with Crippen LogP contribution in [0, 0.1) is 11.8 Å². The van der Waals surface area contributed by atoms with E-state index in [1.54, 1.807) is 0 Å². The summed E-state index contributed by atoms with van der Waals surface area (Å²) in [7, 11) is 0. The topological polar surface area (TPSA) is 49.5 Å². The third kappa shape index (κ3) is 2.35. The van der Waals surface area contributed by atoms with Crippen molar-refractivity contribution in [1.82, 2.24) is 4.90 Å². The van der Waals surface area contributed by atoms with Crippen molar-refractivity contribution in [2.45, 2.75) is 44.7 Å². The first-order valence-corrected chi connectivity index (χ1v) is 6.33. The predicted octanol–water partition coefficient (Wildman–Crippen LogP) is 0.816. The molecule has 0 aromatic rings. The maximum absolute atomic E-state index is 9.37. The highest BCUT2D eigenvalue weighted by molar-refractivity contribution is 4.89. The standard InChI is InChI=1S/C12H24N2O/c1-9-5-6-14(12(9)8-15)7-10-3-2-4-11(10)13/h9-12,15H,2-8,13H2,1H3. The maximum Gasteiger partial charge on any atom is 0.0589 e. The summed E-state index contributed by atoms with van der Waals surface area (Å²) in [5, 5.41) is 9.37. The second kappa shape index (κ2) is 4.81. The first-order valence-electron chi connectivity index (χ1n) is 6.33. The highest BCUT2D eigenvalue weighted by Gasteiger charge is 2.34. The van der Waals surface area contributed by atoms with Crippen molar-refractivity contribution in [3.8, 4) is 0 Å². The van der Waals surface area contributed by atoms with Crippen LogP contribution in [-0.4, -0.2) is 41.8 Å². The molecule has 2 fully saturated rings. The van der Waals surface area contributed by atoms with Gasteiger partial charge in [-0.3, -0.25) is 4.90 Å². The summed E-state index contributed by atoms with van der Waals surface area (Å²) in [6.45, 7) is 4.81. The van der Waals surface area contributed by atoms with Crippen molar-refractivity contribution in [1.29, 1.82) is 0 Å². The minimum Gasteiger partial charge on any atom is -0.395 e. The maximum atomic E-state index is 9.37. The highest BCUT2D eigenvalue weighted by atomic mass is 16.3. The van der Waals surface area contributed by atoms with E-state index in [0.717, 1.165) is 13.1 Å². The lowest BCUT2D eigenvalue weighted by Gasteiger charge is -2.29. The largest absolute Gasteiger partial charge is 0.395 e. The third-order valence-electron chi connectivity index (χ3n) is 4.37. The molecule has 1 aliphatic heterocycles. The summed E-state index contributed by atoms with van der Waals surface area (Å²) in [4.78, 5) is 2.46. The summed E-state index contributed by atoms with van der Waals surface area (Å²) in [6, 6.07) is 0.790. The van der Waals surface area contributed by atoms with E-state index in [1.807, 2.05) is 0 Å². The number of nitrogens with zero attached hydrogens (tertiary/aromatic N) is 1. The van der Waals surface area contributed by atoms with Gasteiger partial charge in [-0.25, -0.2) is 0 Å². The molecule has 3 nitrogen and oxygen atoms in total. The van der Waals surface area contributed by atoms with Crippen LogP contribution in [0.1, 0.15) is 32.6 Å². The normalized spacial score (nSPS) is 42.6. The molecule has 15 heavy (non-hydrogen) atoms. The molecular formula is C12H24N2O. The second-order valence-corrected chi connectivity index (χ2v) is 5.37. The molecule has 0 aromatic carbocycles. The van der Waals surface area contributed by atoms with Crippen molar-refractivity contribution >= 4 is 0 Å². The molecule has 0 spiro atoms. The van der Waals surface area contributed by atoms with Crippen LogP contribution in [-0.2, 0) is 0 Å². The number of likely N-dealkylation sites (tertiary alicyclic amines) is 1. The van der Waals surface area contributed by atoms with Gasteiger partial charge in [-0.05, 0) is 37.6 Å². The third-order valence-corrected chi connectivity index (χ3v) is 4.37. The van der Waals surface area contributed by atoms with Crippen molar-refractivity contribution in [3.05, 3.63) is 0 Å². The molecule has 3 heteroatoms. The summed E-state index contributed by atoms with van der Waals surface area (Å²) < 4.78 is 0. The lowest BCUT2D eigenvalue weighted by Crippen LogP contribution is -2.41. The fourth-order valence-corrected chi connectivity index (χ4v) is 3.20. The smallest absolute Gasteiger partial charge is 0.0589 e. The molecule has 4 atom stereocenters. The summed E-state index contributed by atoms with van der Waals surface area (Å²) >= 11 is 0. The van der Waals surface area contributed by atoms with E-state index in [9.17, 15) is 5.11 Å². The number of hydrogen-bond acceptors (Lipinski definition) is 3. The van der Waals surface area contributed by atoms with Gasteiger partial charge in [0.25, 0.3) is 0 Å². The first kappa shape index (κ1) is 11.4. The minimum atomic E-state index is 0.309. The van der Waals surface area contributed by atoms with Gasteiger partial charge >= 0.3 is 0 Å². The molecule has 0 bridgehead atoms. The molecule has 1 saturated carbocycles. The predicted molar refractivity (Wildman–Crippen MR) is 61.5 cm³/mol. The van der Waals surface area contributed by atoms with E-state index in [0.29, 0.717) is 30.5 Å². The van der Waals surface area contributed by atoms with Crippen LogP contribution in [0.3, 0.4) is 0 Å². The van der Waals surface area contributed by atoms with Crippen LogP contribution in [0.5, 0.6) is 0 Å². The quantitative estimate of drug-likeness (QED) is 0.728. The van der Waals surface area contributed by atoms with Gasteiger partial charge in [0.05, 0.1) is 6.61 Å². The van der Waals surface area contributed by atoms with E-state index in [4.69, 9.17) is 5.73 Å². The molecule has 3 N–H and O–H groups in total. The van der Waals surface area contributed by atoms with Crippen molar-refractivity contribution in [2.75, 3.05) is 19.7 Å². The summed E-state index contributed by atoms with van der Waals surface area (Å²) in [5.74, 6) is 1.32. The molecule has 88 valence electrons. The van der Waals surface area contributed by atoms with Crippen molar-refractivity contribution < 1.29 is 5.11 Å². The van der Waals surface area contributed by atoms with Crippen molar-refractivity contribution in [3.63, 3.8) is 0 Å². The Morgan fingerprint density at radius 3 is 2.73 bits per heavy atom. The summed E-state index contributed by atoms with van der Waals surface area (Å²) in [5.41, 5.74) is 6.09. The molecule has 2 aliphatic rings. The number of aliphatic hydroxyl groups excluding tert-OH is 1. The van der Waals surface area contributed by atoms with Gasteiger partial charge in [-0.1, -0.05) is 13.3 Å². The Hall–Kier alpha value is -0.120. The summed E-state index contributed by atoms with van der Waals surface area (Å²) in [6.07, 6.45) is 4.99. The Balaban J connectivity index is 1.88. The average Bonchev–Trinajstić information content (AvgIpc) is 2.76. The van der Waals surface area contributed by atoms with Gasteiger partial charge in [0.1, 0.15) is 0 Å². The Morgan fingerprint density at radius 1 is 1.33 bits per heavy atom. The number of nitrogens with two attached hydrogens (primary N) is 1. The number of rotatable bonds is 3. The number of aliphatic hydroxyl groups is 1. The Labute approximate surface area is 92.6 Å². The molecule has 1 heterocycles. The molecule has 1 aliphatic carbocycles. The van der Waals surface area contributed by atoms with Crippen LogP contribution in [0.15, 0.2) is 0 Å². The molecule has 0 aromatic heterocycles. The van der Waals surface area contributed by atoms with Crippen molar-refractivity contribution in [2.24, 2.45) is 17.6 Å². The van der Waals surface area contributed by atoms with Gasteiger partial charge < -0.3 is 10.8 Å². The molecule has 2 rings (SSSR count). The van der Waals surface area contributed by atoms with E-state index < -0.39 is 0 Å². The van der Waals surface area contributed by atoms with Crippen LogP contribution >= 0.6 is 0 Å². The fourth-order valence-electron chi connectivity index (χ4n) is 3.20. The monoisotopic (exact) mass is 212 g/mol. The SMILES string of the molecule is CC1CCN(CC2CCCC2N)C1CO. The lowest BCUT2D eigenvalue weighted by atomic mass is 10.0. The van der Waals surface area contributed by atoms with Gasteiger partial charge in [0.15, 0.2) is 0 Å². The average molecular weight is 212 g/mol. The minimum absolute atomic E-state index is 0.309. The van der Waals surface area contributed by atoms with Gasteiger partial charge in [0, 0.05) is 18.6 Å².